The fraction of sp³-hybridized carbons (Fsp3) is 0.286. The Morgan fingerprint density at radius 2 is 1.23 bits per heavy atom. The number of carbonyl (C=O) groups is 1. The second-order valence-corrected chi connectivity index (χ2v) is 16.7. The van der Waals surface area contributed by atoms with E-state index in [2.05, 4.69) is 38.4 Å². The van der Waals surface area contributed by atoms with E-state index in [0.29, 0.717) is 11.3 Å². The van der Waals surface area contributed by atoms with Crippen molar-refractivity contribution >= 4 is 46.2 Å². The smallest absolute Gasteiger partial charge is 0.485 e. The second-order valence-electron chi connectivity index (χ2n) is 10.6. The van der Waals surface area contributed by atoms with Crippen molar-refractivity contribution in [3.63, 3.8) is 0 Å². The molecule has 7 nitrogen and oxygen atoms in total. The maximum absolute atomic E-state index is 13.3. The Labute approximate surface area is 232 Å². The number of aryl methyl sites for hydroxylation is 1. The summed E-state index contributed by atoms with van der Waals surface area (Å²) in [5.41, 5.74) is -3.10. The molecule has 1 aromatic heterocycles. The molecule has 3 aromatic carbocycles. The van der Waals surface area contributed by atoms with Crippen molar-refractivity contribution in [1.29, 1.82) is 0 Å². The highest BCUT2D eigenvalue weighted by Crippen LogP contribution is 2.37. The Bertz CT molecular complexity index is 1590. The lowest BCUT2D eigenvalue weighted by Gasteiger charge is -2.36. The van der Waals surface area contributed by atoms with E-state index in [1.165, 1.54) is 0 Å². The molecule has 0 aliphatic heterocycles. The maximum atomic E-state index is 13.3. The summed E-state index contributed by atoms with van der Waals surface area (Å²) in [6.07, 6.45) is 0. The lowest BCUT2D eigenvalue weighted by molar-refractivity contribution is -0.617. The molecule has 0 unspecified atom stereocenters. The van der Waals surface area contributed by atoms with Crippen molar-refractivity contribution in [1.82, 2.24) is 0 Å². The number of para-hydroxylation sites is 2. The molecule has 0 aliphatic carbocycles. The van der Waals surface area contributed by atoms with Crippen LogP contribution in [-0.4, -0.2) is 32.8 Å². The van der Waals surface area contributed by atoms with Gasteiger partial charge in [0.05, 0.1) is 16.3 Å². The van der Waals surface area contributed by atoms with Gasteiger partial charge in [-0.25, -0.2) is 13.2 Å². The molecule has 0 radical (unpaired) electrons. The van der Waals surface area contributed by atoms with E-state index in [-0.39, 0.29) is 11.0 Å². The first-order valence-electron chi connectivity index (χ1n) is 12.2. The zero-order valence-corrected chi connectivity index (χ0v) is 24.7. The zero-order chi connectivity index (χ0) is 30.1. The fourth-order valence-corrected chi connectivity index (χ4v) is 4.66. The van der Waals surface area contributed by atoms with Gasteiger partial charge in [-0.3, -0.25) is 0 Å². The van der Waals surface area contributed by atoms with Gasteiger partial charge in [-0.2, -0.15) is 17.7 Å². The van der Waals surface area contributed by atoms with Gasteiger partial charge in [0.25, 0.3) is 0 Å². The quantitative estimate of drug-likeness (QED) is 0.0512. The molecule has 40 heavy (non-hydrogen) atoms. The lowest BCUT2D eigenvalue weighted by Crippen LogP contribution is -2.43. The number of hydrogen-bond donors (Lipinski definition) is 0. The van der Waals surface area contributed by atoms with Crippen LogP contribution >= 0.6 is 0 Å². The van der Waals surface area contributed by atoms with E-state index in [9.17, 15) is 18.0 Å². The molecule has 0 saturated heterocycles. The molecule has 0 bridgehead atoms. The third kappa shape index (κ3) is 6.80. The number of benzene rings is 3. The first-order chi connectivity index (χ1) is 18.3. The molecular formula is C28H30F3NO6SSi. The molecule has 0 saturated carbocycles. The molecule has 0 fully saturated rings. The average molecular weight is 594 g/mol. The molecule has 0 N–H and O–H groups in total. The monoisotopic (exact) mass is 593 g/mol. The van der Waals surface area contributed by atoms with E-state index in [4.69, 9.17) is 22.1 Å². The molecule has 0 amide bonds. The minimum Gasteiger partial charge on any atom is -0.741 e. The second kappa shape index (κ2) is 11.2. The summed E-state index contributed by atoms with van der Waals surface area (Å²) in [5.74, 6) is 0.939. The van der Waals surface area contributed by atoms with Crippen LogP contribution < -0.4 is 13.7 Å². The van der Waals surface area contributed by atoms with Crippen LogP contribution in [0.25, 0.3) is 21.8 Å². The number of alkyl halides is 3. The Kier molecular flexibility index (Phi) is 8.68. The Morgan fingerprint density at radius 1 is 0.825 bits per heavy atom. The molecule has 214 valence electrons. The molecule has 12 heteroatoms. The number of fused-ring (bicyclic) bond motifs is 2. The van der Waals surface area contributed by atoms with Gasteiger partial charge in [-0.15, -0.1) is 0 Å². The summed E-state index contributed by atoms with van der Waals surface area (Å²) in [5, 5.41) is 1.86. The van der Waals surface area contributed by atoms with E-state index >= 15 is 0 Å². The van der Waals surface area contributed by atoms with E-state index < -0.39 is 23.9 Å². The minimum absolute atomic E-state index is 0.115. The van der Waals surface area contributed by atoms with Crippen molar-refractivity contribution in [3.05, 3.63) is 78.4 Å². The van der Waals surface area contributed by atoms with Crippen molar-refractivity contribution in [2.75, 3.05) is 0 Å². The molecular weight excluding hydrogens is 563 g/mol. The average Bonchev–Trinajstić information content (AvgIpc) is 2.84. The fourth-order valence-electron chi connectivity index (χ4n) is 3.63. The third-order valence-corrected chi connectivity index (χ3v) is 11.7. The van der Waals surface area contributed by atoms with Gasteiger partial charge in [0.15, 0.2) is 10.1 Å². The summed E-state index contributed by atoms with van der Waals surface area (Å²) >= 11 is 0. The normalized spacial score (nSPS) is 12.6. The number of esters is 1. The number of halogens is 3. The predicted octanol–water partition coefficient (Wildman–Crippen LogP) is 6.47. The van der Waals surface area contributed by atoms with Crippen molar-refractivity contribution in [2.24, 2.45) is 7.05 Å². The van der Waals surface area contributed by atoms with E-state index in [0.717, 1.165) is 27.6 Å². The third-order valence-electron chi connectivity index (χ3n) is 6.77. The maximum Gasteiger partial charge on any atom is 0.485 e. The number of rotatable bonds is 4. The van der Waals surface area contributed by atoms with Gasteiger partial charge in [0.2, 0.25) is 19.4 Å². The highest BCUT2D eigenvalue weighted by Gasteiger charge is 2.39. The van der Waals surface area contributed by atoms with Crippen LogP contribution in [0, 0.1) is 0 Å². The van der Waals surface area contributed by atoms with Crippen LogP contribution in [0.15, 0.2) is 72.8 Å². The molecule has 4 rings (SSSR count). The Morgan fingerprint density at radius 3 is 1.62 bits per heavy atom. The molecule has 0 aliphatic rings. The van der Waals surface area contributed by atoms with Crippen LogP contribution in [0.4, 0.5) is 13.2 Å². The van der Waals surface area contributed by atoms with Crippen LogP contribution in [0.5, 0.6) is 11.5 Å². The van der Waals surface area contributed by atoms with Gasteiger partial charge in [0.1, 0.15) is 18.5 Å². The van der Waals surface area contributed by atoms with Crippen LogP contribution in [0.2, 0.25) is 18.1 Å². The standard InChI is InChI=1S/C27H30NO3Si.CHF3O3S/c1-27(2,3)32(5,6)31-20-17-15-19(16-18-20)30-26(29)25-21-11-7-9-13-23(21)28(4)24-14-10-8-12-22(24)25;2-1(3,4)8(5,6)7/h7-18H,1-6H3;(H,5,6,7)/q+1;/p-1. The number of ether oxygens (including phenoxy) is 1. The zero-order valence-electron chi connectivity index (χ0n) is 22.9. The first kappa shape index (κ1) is 31.0. The summed E-state index contributed by atoms with van der Waals surface area (Å²) in [6.45, 7) is 11.1. The Balaban J connectivity index is 0.000000482. The van der Waals surface area contributed by atoms with Gasteiger partial charge < -0.3 is 13.7 Å². The van der Waals surface area contributed by atoms with Gasteiger partial charge in [-0.05, 0) is 54.5 Å². The summed E-state index contributed by atoms with van der Waals surface area (Å²) in [4.78, 5) is 13.3. The van der Waals surface area contributed by atoms with Gasteiger partial charge in [0, 0.05) is 12.1 Å². The van der Waals surface area contributed by atoms with Crippen molar-refractivity contribution < 1.29 is 44.7 Å². The minimum atomic E-state index is -6.09. The first-order valence-corrected chi connectivity index (χ1v) is 16.5. The van der Waals surface area contributed by atoms with E-state index in [1.54, 1.807) is 12.1 Å². The number of pyridine rings is 1. The number of carbonyl (C=O) groups excluding carboxylic acids is 1. The number of nitrogens with zero attached hydrogens (tertiary/aromatic N) is 1. The summed E-state index contributed by atoms with van der Waals surface area (Å²) in [7, 11) is -6.00. The number of aromatic nitrogens is 1. The molecule has 4 aromatic rings. The van der Waals surface area contributed by atoms with Crippen LogP contribution in [-0.2, 0) is 17.2 Å². The highest BCUT2D eigenvalue weighted by atomic mass is 32.2. The van der Waals surface area contributed by atoms with Crippen LogP contribution in [0.3, 0.4) is 0 Å². The van der Waals surface area contributed by atoms with E-state index in [1.807, 2.05) is 67.7 Å². The van der Waals surface area contributed by atoms with Crippen molar-refractivity contribution in [2.45, 2.75) is 44.4 Å². The van der Waals surface area contributed by atoms with Crippen molar-refractivity contribution in [3.8, 4) is 11.5 Å². The molecule has 1 heterocycles. The topological polar surface area (TPSA) is 96.6 Å². The largest absolute Gasteiger partial charge is 0.741 e. The van der Waals surface area contributed by atoms with Gasteiger partial charge >= 0.3 is 11.5 Å². The molecule has 0 spiro atoms. The Hall–Kier alpha value is -3.48. The number of hydrogen-bond acceptors (Lipinski definition) is 6. The SMILES string of the molecule is C[n+]1c2ccccc2c(C(=O)Oc2ccc(O[Si](C)(C)C(C)(C)C)cc2)c2ccccc21.O=S(=O)([O-])C(F)(F)F. The lowest BCUT2D eigenvalue weighted by atomic mass is 10.0. The van der Waals surface area contributed by atoms with Crippen LogP contribution in [0.1, 0.15) is 31.1 Å². The summed E-state index contributed by atoms with van der Waals surface area (Å²) < 4.78 is 73.2. The highest BCUT2D eigenvalue weighted by molar-refractivity contribution is 7.86. The molecule has 0 atom stereocenters. The summed E-state index contributed by atoms with van der Waals surface area (Å²) in [6, 6.07) is 23.2. The predicted molar refractivity (Wildman–Crippen MR) is 148 cm³/mol. The van der Waals surface area contributed by atoms with Gasteiger partial charge in [-0.1, -0.05) is 45.0 Å².